The summed E-state index contributed by atoms with van der Waals surface area (Å²) in [6.07, 6.45) is 24.2. The van der Waals surface area contributed by atoms with Crippen LogP contribution in [0.3, 0.4) is 0 Å². The van der Waals surface area contributed by atoms with Gasteiger partial charge in [0, 0.05) is 12.8 Å². The van der Waals surface area contributed by atoms with E-state index in [1.807, 2.05) is 41.5 Å². The molecule has 0 unspecified atom stereocenters. The molecule has 0 aliphatic carbocycles. The molecule has 0 bridgehead atoms. The number of ether oxygens (including phenoxy) is 2. The summed E-state index contributed by atoms with van der Waals surface area (Å²) < 4.78 is 10.5. The topological polar surface area (TPSA) is 52.6 Å². The van der Waals surface area contributed by atoms with Gasteiger partial charge in [-0.15, -0.1) is 0 Å². The molecule has 216 valence electrons. The minimum Gasteiger partial charge on any atom is -0.460 e. The maximum absolute atomic E-state index is 11.4. The maximum Gasteiger partial charge on any atom is 0.306 e. The fourth-order valence-corrected chi connectivity index (χ4v) is 3.95. The highest BCUT2D eigenvalue weighted by Gasteiger charge is 2.16. The van der Waals surface area contributed by atoms with Gasteiger partial charge in [-0.05, 0) is 54.4 Å². The second-order valence-corrected chi connectivity index (χ2v) is 12.3. The van der Waals surface area contributed by atoms with Gasteiger partial charge in [0.15, 0.2) is 0 Å². The summed E-state index contributed by atoms with van der Waals surface area (Å²) in [4.78, 5) is 22.9. The lowest BCUT2D eigenvalue weighted by Crippen LogP contribution is -2.23. The van der Waals surface area contributed by atoms with Gasteiger partial charge in [0.05, 0.1) is 0 Å². The third-order valence-corrected chi connectivity index (χ3v) is 5.81. The average molecular weight is 513 g/mol. The molecule has 0 rings (SSSR count). The number of hydrogen-bond donors (Lipinski definition) is 0. The van der Waals surface area contributed by atoms with Crippen molar-refractivity contribution in [2.24, 2.45) is 0 Å². The van der Waals surface area contributed by atoms with E-state index >= 15 is 0 Å². The summed E-state index contributed by atoms with van der Waals surface area (Å²) in [5, 5.41) is 0. The summed E-state index contributed by atoms with van der Waals surface area (Å²) in [6.45, 7) is 16.0. The zero-order valence-electron chi connectivity index (χ0n) is 25.8. The fraction of sp³-hybridized carbons (Fsp3) is 0.938. The van der Waals surface area contributed by atoms with Crippen molar-refractivity contribution in [1.29, 1.82) is 0 Å². The molecule has 0 saturated heterocycles. The van der Waals surface area contributed by atoms with Gasteiger partial charge in [-0.3, -0.25) is 9.59 Å². The summed E-state index contributed by atoms with van der Waals surface area (Å²) in [7, 11) is 0. The molecule has 0 fully saturated rings. The van der Waals surface area contributed by atoms with E-state index in [0.717, 1.165) is 25.7 Å². The first-order valence-corrected chi connectivity index (χ1v) is 15.3. The van der Waals surface area contributed by atoms with Crippen molar-refractivity contribution in [1.82, 2.24) is 0 Å². The second kappa shape index (κ2) is 24.3. The Balaban J connectivity index is 0. The second-order valence-electron chi connectivity index (χ2n) is 12.3. The molecular formula is C32H64O4. The SMILES string of the molecule is CCCCCCCCCCCC(=O)OC(C)(C)C.CCCCCCCCCCCC(=O)OC(C)(C)C. The summed E-state index contributed by atoms with van der Waals surface area (Å²) in [5.41, 5.74) is -0.674. The molecule has 0 saturated carbocycles. The van der Waals surface area contributed by atoms with E-state index in [4.69, 9.17) is 9.47 Å². The number of carbonyl (C=O) groups is 2. The number of rotatable bonds is 20. The molecule has 0 N–H and O–H groups in total. The van der Waals surface area contributed by atoms with Crippen molar-refractivity contribution in [2.75, 3.05) is 0 Å². The Bertz CT molecular complexity index is 453. The molecular weight excluding hydrogens is 448 g/mol. The van der Waals surface area contributed by atoms with Gasteiger partial charge in [0.25, 0.3) is 0 Å². The van der Waals surface area contributed by atoms with Crippen LogP contribution < -0.4 is 0 Å². The Labute approximate surface area is 226 Å². The molecule has 36 heavy (non-hydrogen) atoms. The Morgan fingerprint density at radius 3 is 0.861 bits per heavy atom. The van der Waals surface area contributed by atoms with Gasteiger partial charge < -0.3 is 9.47 Å². The summed E-state index contributed by atoms with van der Waals surface area (Å²) in [6, 6.07) is 0. The predicted octanol–water partition coefficient (Wildman–Crippen LogP) is 10.5. The lowest BCUT2D eigenvalue weighted by atomic mass is 10.1. The standard InChI is InChI=1S/2C16H32O2/c2*1-5-6-7-8-9-10-11-12-13-14-15(17)18-16(2,3)4/h2*5-14H2,1-4H3. The first-order valence-electron chi connectivity index (χ1n) is 15.3. The van der Waals surface area contributed by atoms with Gasteiger partial charge in [0.1, 0.15) is 11.2 Å². The van der Waals surface area contributed by atoms with Crippen LogP contribution >= 0.6 is 0 Å². The van der Waals surface area contributed by atoms with Crippen molar-refractivity contribution >= 4 is 11.9 Å². The van der Waals surface area contributed by atoms with Crippen LogP contribution in [-0.2, 0) is 19.1 Å². The zero-order chi connectivity index (χ0) is 27.7. The van der Waals surface area contributed by atoms with Gasteiger partial charge in [-0.25, -0.2) is 0 Å². The molecule has 0 amide bonds. The first kappa shape index (κ1) is 37.1. The number of esters is 2. The lowest BCUT2D eigenvalue weighted by molar-refractivity contribution is -0.156. The maximum atomic E-state index is 11.4. The molecule has 0 atom stereocenters. The van der Waals surface area contributed by atoms with E-state index in [9.17, 15) is 9.59 Å². The molecule has 0 heterocycles. The van der Waals surface area contributed by atoms with Gasteiger partial charge >= 0.3 is 11.9 Å². The number of unbranched alkanes of at least 4 members (excludes halogenated alkanes) is 16. The Morgan fingerprint density at radius 2 is 0.639 bits per heavy atom. The summed E-state index contributed by atoms with van der Waals surface area (Å²) in [5.74, 6) is -0.101. The van der Waals surface area contributed by atoms with Crippen LogP contribution in [0.2, 0.25) is 0 Å². The Kier molecular flexibility index (Phi) is 25.0. The molecule has 0 aliphatic heterocycles. The van der Waals surface area contributed by atoms with Crippen LogP contribution in [0.4, 0.5) is 0 Å². The molecule has 0 aromatic rings. The zero-order valence-corrected chi connectivity index (χ0v) is 25.8. The van der Waals surface area contributed by atoms with Gasteiger partial charge in [-0.2, -0.15) is 0 Å². The van der Waals surface area contributed by atoms with Crippen LogP contribution in [0.15, 0.2) is 0 Å². The normalized spacial score (nSPS) is 11.6. The Morgan fingerprint density at radius 1 is 0.417 bits per heavy atom. The van der Waals surface area contributed by atoms with Gasteiger partial charge in [0.2, 0.25) is 0 Å². The van der Waals surface area contributed by atoms with Crippen molar-refractivity contribution in [2.45, 2.75) is 195 Å². The highest BCUT2D eigenvalue weighted by atomic mass is 16.6. The third kappa shape index (κ3) is 35.1. The van der Waals surface area contributed by atoms with Crippen LogP contribution in [-0.4, -0.2) is 23.1 Å². The van der Waals surface area contributed by atoms with Crippen molar-refractivity contribution < 1.29 is 19.1 Å². The molecule has 4 heteroatoms. The van der Waals surface area contributed by atoms with Crippen LogP contribution in [0.25, 0.3) is 0 Å². The molecule has 0 aliphatic rings. The van der Waals surface area contributed by atoms with E-state index in [0.29, 0.717) is 12.8 Å². The summed E-state index contributed by atoms with van der Waals surface area (Å²) >= 11 is 0. The highest BCUT2D eigenvalue weighted by molar-refractivity contribution is 5.70. The minimum atomic E-state index is -0.337. The van der Waals surface area contributed by atoms with E-state index in [1.54, 1.807) is 0 Å². The number of carbonyl (C=O) groups excluding carboxylic acids is 2. The van der Waals surface area contributed by atoms with Crippen molar-refractivity contribution in [3.05, 3.63) is 0 Å². The fourth-order valence-electron chi connectivity index (χ4n) is 3.95. The smallest absolute Gasteiger partial charge is 0.306 e. The van der Waals surface area contributed by atoms with Crippen LogP contribution in [0, 0.1) is 0 Å². The minimum absolute atomic E-state index is 0.0505. The number of hydrogen-bond acceptors (Lipinski definition) is 4. The van der Waals surface area contributed by atoms with Gasteiger partial charge in [-0.1, -0.05) is 117 Å². The molecule has 0 aromatic heterocycles. The van der Waals surface area contributed by atoms with Crippen LogP contribution in [0.1, 0.15) is 184 Å². The van der Waals surface area contributed by atoms with Crippen molar-refractivity contribution in [3.63, 3.8) is 0 Å². The lowest BCUT2D eigenvalue weighted by Gasteiger charge is -2.19. The molecule has 0 spiro atoms. The largest absolute Gasteiger partial charge is 0.460 e. The van der Waals surface area contributed by atoms with E-state index < -0.39 is 0 Å². The van der Waals surface area contributed by atoms with E-state index in [1.165, 1.54) is 89.9 Å². The monoisotopic (exact) mass is 512 g/mol. The molecule has 0 aromatic carbocycles. The highest BCUT2D eigenvalue weighted by Crippen LogP contribution is 2.14. The van der Waals surface area contributed by atoms with E-state index in [-0.39, 0.29) is 23.1 Å². The average Bonchev–Trinajstić information content (AvgIpc) is 2.75. The molecule has 4 nitrogen and oxygen atoms in total. The molecule has 0 radical (unpaired) electrons. The van der Waals surface area contributed by atoms with Crippen molar-refractivity contribution in [3.8, 4) is 0 Å². The third-order valence-electron chi connectivity index (χ3n) is 5.81. The predicted molar refractivity (Wildman–Crippen MR) is 155 cm³/mol. The first-order chi connectivity index (χ1) is 16.9. The van der Waals surface area contributed by atoms with Crippen LogP contribution in [0.5, 0.6) is 0 Å². The Hall–Kier alpha value is -1.06. The van der Waals surface area contributed by atoms with E-state index in [2.05, 4.69) is 13.8 Å². The quantitative estimate of drug-likeness (QED) is 0.120.